The van der Waals surface area contributed by atoms with Gasteiger partial charge in [0.15, 0.2) is 0 Å². The van der Waals surface area contributed by atoms with Gasteiger partial charge in [0.05, 0.1) is 0 Å². The molecule has 0 amide bonds. The van der Waals surface area contributed by atoms with Crippen molar-refractivity contribution in [3.05, 3.63) is 0 Å². The summed E-state index contributed by atoms with van der Waals surface area (Å²) in [5, 5.41) is 9.30. The molecule has 1 aliphatic carbocycles. The van der Waals surface area contributed by atoms with Crippen LogP contribution in [0.1, 0.15) is 32.1 Å². The van der Waals surface area contributed by atoms with E-state index >= 15 is 0 Å². The van der Waals surface area contributed by atoms with Crippen LogP contribution in [0.4, 0.5) is 0 Å². The Hall–Kier alpha value is 0.310. The average molecular weight is 160 g/mol. The van der Waals surface area contributed by atoms with Crippen LogP contribution < -0.4 is 0 Å². The Kier molecular flexibility index (Phi) is 3.57. The van der Waals surface area contributed by atoms with Crippen molar-refractivity contribution in [2.75, 3.05) is 6.61 Å². The van der Waals surface area contributed by atoms with Crippen LogP contribution in [-0.4, -0.2) is 17.0 Å². The van der Waals surface area contributed by atoms with Gasteiger partial charge in [-0.05, 0) is 38.0 Å². The molecule has 2 heteroatoms. The zero-order valence-electron chi connectivity index (χ0n) is 6.29. The van der Waals surface area contributed by atoms with Crippen molar-refractivity contribution in [1.82, 2.24) is 0 Å². The predicted molar refractivity (Wildman–Crippen MR) is 46.4 cm³/mol. The summed E-state index contributed by atoms with van der Waals surface area (Å²) in [7, 11) is 0. The molecule has 0 unspecified atom stereocenters. The first-order chi connectivity index (χ1) is 4.83. The van der Waals surface area contributed by atoms with Gasteiger partial charge in [0, 0.05) is 11.9 Å². The molecule has 0 aromatic heterocycles. The van der Waals surface area contributed by atoms with Gasteiger partial charge in [-0.25, -0.2) is 0 Å². The molecule has 0 bridgehead atoms. The summed E-state index contributed by atoms with van der Waals surface area (Å²) >= 11 is 4.41. The molecule has 0 atom stereocenters. The molecule has 0 aromatic carbocycles. The fourth-order valence-electron chi connectivity index (χ4n) is 1.62. The second-order valence-electron chi connectivity index (χ2n) is 3.19. The first-order valence-corrected chi connectivity index (χ1v) is 4.63. The van der Waals surface area contributed by atoms with Gasteiger partial charge in [-0.2, -0.15) is 12.6 Å². The molecule has 0 aliphatic heterocycles. The molecule has 1 nitrogen and oxygen atoms in total. The normalized spacial score (nSPS) is 34.2. The fraction of sp³-hybridized carbons (Fsp3) is 1.00. The minimum atomic E-state index is 0.363. The maximum Gasteiger partial charge on any atom is 0.0433 e. The lowest BCUT2D eigenvalue weighted by molar-refractivity contribution is 0.232. The smallest absolute Gasteiger partial charge is 0.0433 e. The molecule has 1 N–H and O–H groups in total. The highest BCUT2D eigenvalue weighted by Crippen LogP contribution is 2.28. The van der Waals surface area contributed by atoms with Crippen molar-refractivity contribution in [1.29, 1.82) is 0 Å². The van der Waals surface area contributed by atoms with Crippen LogP contribution in [0.3, 0.4) is 0 Å². The van der Waals surface area contributed by atoms with Gasteiger partial charge in [0.1, 0.15) is 0 Å². The van der Waals surface area contributed by atoms with Crippen LogP contribution in [0.2, 0.25) is 0 Å². The Labute approximate surface area is 68.2 Å². The van der Waals surface area contributed by atoms with Crippen molar-refractivity contribution in [3.8, 4) is 0 Å². The lowest BCUT2D eigenvalue weighted by Gasteiger charge is -2.24. The van der Waals surface area contributed by atoms with Gasteiger partial charge in [-0.3, -0.25) is 0 Å². The summed E-state index contributed by atoms with van der Waals surface area (Å²) in [6.07, 6.45) is 6.03. The Bertz CT molecular complexity index is 87.3. The summed E-state index contributed by atoms with van der Waals surface area (Å²) in [4.78, 5) is 0. The molecule has 1 saturated carbocycles. The maximum absolute atomic E-state index is 8.67. The highest BCUT2D eigenvalue weighted by Gasteiger charge is 2.17. The Morgan fingerprint density at radius 3 is 2.30 bits per heavy atom. The predicted octanol–water partition coefficient (Wildman–Crippen LogP) is 1.86. The lowest BCUT2D eigenvalue weighted by Crippen LogP contribution is -2.15. The minimum Gasteiger partial charge on any atom is -0.396 e. The van der Waals surface area contributed by atoms with Crippen molar-refractivity contribution >= 4 is 12.6 Å². The first kappa shape index (κ1) is 8.41. The minimum absolute atomic E-state index is 0.363. The van der Waals surface area contributed by atoms with Gasteiger partial charge in [-0.1, -0.05) is 0 Å². The maximum atomic E-state index is 8.67. The van der Waals surface area contributed by atoms with Crippen LogP contribution in [0.25, 0.3) is 0 Å². The van der Waals surface area contributed by atoms with Crippen LogP contribution in [0.15, 0.2) is 0 Å². The SMILES string of the molecule is OCCC1CCC(S)CC1. The van der Waals surface area contributed by atoms with E-state index in [1.165, 1.54) is 25.7 Å². The van der Waals surface area contributed by atoms with E-state index in [-0.39, 0.29) is 0 Å². The number of rotatable bonds is 2. The number of hydrogen-bond acceptors (Lipinski definition) is 2. The van der Waals surface area contributed by atoms with E-state index in [0.29, 0.717) is 11.9 Å². The number of thiol groups is 1. The largest absolute Gasteiger partial charge is 0.396 e. The first-order valence-electron chi connectivity index (χ1n) is 4.12. The second-order valence-corrected chi connectivity index (χ2v) is 3.92. The third-order valence-electron chi connectivity index (χ3n) is 2.35. The zero-order chi connectivity index (χ0) is 7.40. The molecular formula is C8H16OS. The van der Waals surface area contributed by atoms with Gasteiger partial charge in [-0.15, -0.1) is 0 Å². The van der Waals surface area contributed by atoms with Crippen molar-refractivity contribution in [2.24, 2.45) is 5.92 Å². The van der Waals surface area contributed by atoms with E-state index in [4.69, 9.17) is 5.11 Å². The zero-order valence-corrected chi connectivity index (χ0v) is 7.19. The standard InChI is InChI=1S/C8H16OS/c9-6-5-7-1-3-8(10)4-2-7/h7-10H,1-6H2. The van der Waals surface area contributed by atoms with Crippen LogP contribution in [0, 0.1) is 5.92 Å². The van der Waals surface area contributed by atoms with E-state index in [0.717, 1.165) is 12.3 Å². The molecule has 10 heavy (non-hydrogen) atoms. The molecule has 1 rings (SSSR count). The van der Waals surface area contributed by atoms with E-state index in [1.807, 2.05) is 0 Å². The Morgan fingerprint density at radius 1 is 1.20 bits per heavy atom. The van der Waals surface area contributed by atoms with Crippen LogP contribution in [-0.2, 0) is 0 Å². The molecule has 0 aromatic rings. The lowest BCUT2D eigenvalue weighted by atomic mass is 9.87. The van der Waals surface area contributed by atoms with Crippen LogP contribution in [0.5, 0.6) is 0 Å². The highest BCUT2D eigenvalue weighted by molar-refractivity contribution is 7.80. The molecule has 1 fully saturated rings. The Balaban J connectivity index is 2.13. The molecule has 60 valence electrons. The van der Waals surface area contributed by atoms with Crippen molar-refractivity contribution in [2.45, 2.75) is 37.4 Å². The van der Waals surface area contributed by atoms with E-state index in [1.54, 1.807) is 0 Å². The van der Waals surface area contributed by atoms with Crippen molar-refractivity contribution in [3.63, 3.8) is 0 Å². The quantitative estimate of drug-likeness (QED) is 0.591. The monoisotopic (exact) mass is 160 g/mol. The van der Waals surface area contributed by atoms with Gasteiger partial charge in [0.2, 0.25) is 0 Å². The number of aliphatic hydroxyl groups is 1. The Morgan fingerprint density at radius 2 is 1.80 bits per heavy atom. The molecule has 1 aliphatic rings. The van der Waals surface area contributed by atoms with Crippen molar-refractivity contribution < 1.29 is 5.11 Å². The summed E-state index contributed by atoms with van der Waals surface area (Å²) < 4.78 is 0. The summed E-state index contributed by atoms with van der Waals surface area (Å²) in [6, 6.07) is 0. The topological polar surface area (TPSA) is 20.2 Å². The van der Waals surface area contributed by atoms with Crippen LogP contribution >= 0.6 is 12.6 Å². The summed E-state index contributed by atoms with van der Waals surface area (Å²) in [6.45, 7) is 0.363. The fourth-order valence-corrected chi connectivity index (χ4v) is 1.91. The third kappa shape index (κ3) is 2.51. The van der Waals surface area contributed by atoms with Gasteiger partial charge >= 0.3 is 0 Å². The summed E-state index contributed by atoms with van der Waals surface area (Å²) in [5.41, 5.74) is 0. The molecular weight excluding hydrogens is 144 g/mol. The van der Waals surface area contributed by atoms with E-state index in [9.17, 15) is 0 Å². The van der Waals surface area contributed by atoms with Gasteiger partial charge < -0.3 is 5.11 Å². The molecule has 0 radical (unpaired) electrons. The average Bonchev–Trinajstić information content (AvgIpc) is 1.95. The molecule has 0 heterocycles. The van der Waals surface area contributed by atoms with Gasteiger partial charge in [0.25, 0.3) is 0 Å². The second kappa shape index (κ2) is 4.24. The highest BCUT2D eigenvalue weighted by atomic mass is 32.1. The van der Waals surface area contributed by atoms with E-state index < -0.39 is 0 Å². The number of aliphatic hydroxyl groups excluding tert-OH is 1. The molecule has 0 saturated heterocycles. The van der Waals surface area contributed by atoms with E-state index in [2.05, 4.69) is 12.6 Å². The number of hydrogen-bond donors (Lipinski definition) is 2. The molecule has 0 spiro atoms. The summed E-state index contributed by atoms with van der Waals surface area (Å²) in [5.74, 6) is 0.786. The third-order valence-corrected chi connectivity index (χ3v) is 2.87.